The Bertz CT molecular complexity index is 607. The normalized spacial score (nSPS) is 41.2. The van der Waals surface area contributed by atoms with Crippen molar-refractivity contribution in [2.45, 2.75) is 91.0 Å². The Hall–Kier alpha value is 0.0300. The van der Waals surface area contributed by atoms with Gasteiger partial charge in [0.25, 0.3) is 0 Å². The first-order valence-electron chi connectivity index (χ1n) is 13.4. The van der Waals surface area contributed by atoms with E-state index < -0.39 is 10.1 Å². The topological polar surface area (TPSA) is 67.2 Å². The molecule has 0 spiro atoms. The van der Waals surface area contributed by atoms with E-state index >= 15 is 0 Å². The monoisotopic (exact) mass is 455 g/mol. The molecule has 184 valence electrons. The van der Waals surface area contributed by atoms with E-state index in [0.717, 1.165) is 36.8 Å². The lowest BCUT2D eigenvalue weighted by Crippen LogP contribution is -2.48. The molecular weight excluding hydrogens is 402 g/mol. The van der Waals surface area contributed by atoms with E-state index in [1.165, 1.54) is 70.8 Å². The van der Waals surface area contributed by atoms with Crippen molar-refractivity contribution in [2.75, 3.05) is 32.1 Å². The Morgan fingerprint density at radius 1 is 1.10 bits per heavy atom. The number of nitrogens with two attached hydrogens (primary N) is 1. The Morgan fingerprint density at radius 3 is 2.58 bits per heavy atom. The molecule has 5 unspecified atom stereocenters. The Labute approximate surface area is 194 Å². The van der Waals surface area contributed by atoms with Crippen molar-refractivity contribution in [3.63, 3.8) is 0 Å². The first kappa shape index (κ1) is 25.6. The summed E-state index contributed by atoms with van der Waals surface area (Å²) in [5.41, 5.74) is 6.23. The van der Waals surface area contributed by atoms with Crippen molar-refractivity contribution in [2.24, 2.45) is 46.7 Å². The van der Waals surface area contributed by atoms with Crippen LogP contribution in [0.15, 0.2) is 0 Å². The van der Waals surface area contributed by atoms with Crippen LogP contribution in [0.2, 0.25) is 0 Å². The van der Waals surface area contributed by atoms with Gasteiger partial charge < -0.3 is 11.1 Å². The van der Waals surface area contributed by atoms with Gasteiger partial charge >= 0.3 is 0 Å². The molecule has 0 heterocycles. The lowest BCUT2D eigenvalue weighted by Gasteiger charge is -2.56. The largest absolute Gasteiger partial charge is 0.329 e. The summed E-state index contributed by atoms with van der Waals surface area (Å²) in [6.07, 6.45) is 17.7. The van der Waals surface area contributed by atoms with E-state index in [2.05, 4.69) is 30.8 Å². The minimum Gasteiger partial charge on any atom is -0.329 e. The third-order valence-corrected chi connectivity index (χ3v) is 10.7. The van der Waals surface area contributed by atoms with Gasteiger partial charge in [-0.1, -0.05) is 43.2 Å². The fourth-order valence-electron chi connectivity index (χ4n) is 7.99. The van der Waals surface area contributed by atoms with Crippen molar-refractivity contribution in [3.8, 4) is 0 Å². The van der Waals surface area contributed by atoms with E-state index in [0.29, 0.717) is 23.3 Å². The van der Waals surface area contributed by atoms with Gasteiger partial charge in [-0.25, -0.2) is 0 Å². The summed E-state index contributed by atoms with van der Waals surface area (Å²) in [6, 6.07) is 0.357. The first-order valence-corrected chi connectivity index (χ1v) is 16.0. The first-order chi connectivity index (χ1) is 14.6. The number of hydrogen-bond donors (Lipinski definition) is 4. The highest BCUT2D eigenvalue weighted by Crippen LogP contribution is 2.59. The summed E-state index contributed by atoms with van der Waals surface area (Å²) < 4.78 is 15.9. The van der Waals surface area contributed by atoms with Crippen molar-refractivity contribution in [3.05, 3.63) is 0 Å². The van der Waals surface area contributed by atoms with Gasteiger partial charge in [-0.2, -0.15) is 0 Å². The number of hydrogen-bond acceptors (Lipinski definition) is 3. The lowest BCUT2D eigenvalue weighted by molar-refractivity contribution is -0.0570. The molecule has 3 aliphatic rings. The predicted octanol–water partition coefficient (Wildman–Crippen LogP) is 4.37. The zero-order chi connectivity index (χ0) is 22.6. The Morgan fingerprint density at radius 2 is 1.87 bits per heavy atom. The maximum absolute atomic E-state index is 12.4. The molecule has 3 aliphatic carbocycles. The highest BCUT2D eigenvalue weighted by atomic mass is 32.3. The molecule has 8 atom stereocenters. The van der Waals surface area contributed by atoms with Crippen molar-refractivity contribution in [1.29, 1.82) is 0 Å². The van der Waals surface area contributed by atoms with Crippen molar-refractivity contribution in [1.82, 2.24) is 10.0 Å². The molecule has 0 saturated heterocycles. The Kier molecular flexibility index (Phi) is 9.08. The summed E-state index contributed by atoms with van der Waals surface area (Å²) in [5.74, 6) is 5.00. The van der Waals surface area contributed by atoms with Gasteiger partial charge in [0.1, 0.15) is 0 Å². The summed E-state index contributed by atoms with van der Waals surface area (Å²) in [7, 11) is -2.19. The summed E-state index contributed by atoms with van der Waals surface area (Å²) in [5, 5.41) is 3.58. The molecule has 0 bridgehead atoms. The molecule has 3 rings (SSSR count). The molecule has 5 heteroatoms. The molecule has 0 aliphatic heterocycles. The highest BCUT2D eigenvalue weighted by Gasteiger charge is 2.50. The van der Waals surface area contributed by atoms with Gasteiger partial charge in [0.05, 0.1) is 0 Å². The minimum absolute atomic E-state index is 0.357. The number of thiol groups is 1. The van der Waals surface area contributed by atoms with Gasteiger partial charge in [0.15, 0.2) is 0 Å². The van der Waals surface area contributed by atoms with Crippen LogP contribution in [0, 0.1) is 40.9 Å². The lowest BCUT2D eigenvalue weighted by atomic mass is 9.50. The second kappa shape index (κ2) is 11.0. The number of nitrogens with one attached hydrogen (secondary N) is 2. The second-order valence-electron chi connectivity index (χ2n) is 12.2. The van der Waals surface area contributed by atoms with Crippen LogP contribution in [0.25, 0.3) is 0 Å². The van der Waals surface area contributed by atoms with Crippen LogP contribution in [0.4, 0.5) is 0 Å². The Balaban J connectivity index is 1.65. The van der Waals surface area contributed by atoms with Crippen LogP contribution in [-0.4, -0.2) is 42.4 Å². The van der Waals surface area contributed by atoms with Gasteiger partial charge in [-0.3, -0.25) is 8.93 Å². The van der Waals surface area contributed by atoms with Crippen LogP contribution >= 0.6 is 0 Å². The van der Waals surface area contributed by atoms with E-state index in [9.17, 15) is 4.21 Å². The minimum atomic E-state index is -2.19. The third-order valence-electron chi connectivity index (χ3n) is 9.63. The fourth-order valence-corrected chi connectivity index (χ4v) is 9.16. The van der Waals surface area contributed by atoms with Crippen LogP contribution in [0.5, 0.6) is 0 Å². The average molecular weight is 456 g/mol. The van der Waals surface area contributed by atoms with E-state index in [4.69, 9.17) is 5.73 Å². The SMILES string of the molecule is CC1CCC2C(CCC[C@@H]1[C@@H](C)N[SH](C)(C)=O)CCC1CC(CNCCN)CC[C@@]12C. The van der Waals surface area contributed by atoms with Gasteiger partial charge in [-0.15, -0.1) is 0 Å². The van der Waals surface area contributed by atoms with Crippen molar-refractivity contribution >= 4 is 10.1 Å². The molecule has 0 aromatic carbocycles. The van der Waals surface area contributed by atoms with E-state index in [-0.39, 0.29) is 0 Å². The van der Waals surface area contributed by atoms with Crippen LogP contribution in [0.1, 0.15) is 85.0 Å². The molecule has 3 fully saturated rings. The fraction of sp³-hybridized carbons (Fsp3) is 1.00. The van der Waals surface area contributed by atoms with Crippen LogP contribution in [0.3, 0.4) is 0 Å². The third kappa shape index (κ3) is 6.55. The molecule has 0 aromatic heterocycles. The second-order valence-corrected chi connectivity index (χ2v) is 15.2. The summed E-state index contributed by atoms with van der Waals surface area (Å²) in [4.78, 5) is 0. The molecule has 4 N–H and O–H groups in total. The average Bonchev–Trinajstić information content (AvgIpc) is 2.76. The van der Waals surface area contributed by atoms with Crippen LogP contribution in [-0.2, 0) is 10.1 Å². The quantitative estimate of drug-likeness (QED) is 0.340. The zero-order valence-corrected chi connectivity index (χ0v) is 22.1. The van der Waals surface area contributed by atoms with Crippen LogP contribution < -0.4 is 15.8 Å². The smallest absolute Gasteiger partial charge is 0.0178 e. The maximum atomic E-state index is 12.4. The highest BCUT2D eigenvalue weighted by molar-refractivity contribution is 7.99. The van der Waals surface area contributed by atoms with Crippen molar-refractivity contribution < 1.29 is 4.21 Å². The molecule has 3 saturated carbocycles. The number of rotatable bonds is 7. The molecule has 0 radical (unpaired) electrons. The predicted molar refractivity (Wildman–Crippen MR) is 137 cm³/mol. The van der Waals surface area contributed by atoms with E-state index in [1.807, 2.05) is 12.5 Å². The summed E-state index contributed by atoms with van der Waals surface area (Å²) in [6.45, 7) is 10.3. The van der Waals surface area contributed by atoms with Gasteiger partial charge in [0.2, 0.25) is 0 Å². The molecule has 0 amide bonds. The molecular formula is C26H53N3OS. The molecule has 31 heavy (non-hydrogen) atoms. The number of fused-ring (bicyclic) bond motifs is 3. The summed E-state index contributed by atoms with van der Waals surface area (Å²) >= 11 is 0. The van der Waals surface area contributed by atoms with Gasteiger partial charge in [-0.05, 0) is 99.3 Å². The molecule has 4 nitrogen and oxygen atoms in total. The molecule has 0 aromatic rings. The zero-order valence-electron chi connectivity index (χ0n) is 21.2. The standard InChI is InChI=1S/C26H53N3OS/c1-19-9-12-25-22(7-6-8-24(19)20(2)29-31(4,5)30)10-11-23-17-21(18-28-16-15-27)13-14-26(23,25)3/h19-25,28,31H,6-18,27H2,1-5H3,(H,29,30)/t19?,20-,21?,22?,23?,24+,25?,26+/m1/s1. The maximum Gasteiger partial charge on any atom is 0.0178 e. The van der Waals surface area contributed by atoms with E-state index in [1.54, 1.807) is 0 Å². The van der Waals surface area contributed by atoms with Gasteiger partial charge in [0, 0.05) is 31.6 Å².